The molecule has 4 atom stereocenters. The first kappa shape index (κ1) is 13.9. The number of aliphatic hydroxyl groups excluding tert-OH is 1. The highest BCUT2D eigenvalue weighted by atomic mass is 16.4. The molecule has 106 valence electrons. The Balaban J connectivity index is 1.76. The minimum atomic E-state index is -0.872. The average molecular weight is 268 g/mol. The van der Waals surface area contributed by atoms with Gasteiger partial charge in [-0.2, -0.15) is 0 Å². The number of nitrogens with one attached hydrogen (secondary N) is 2. The molecule has 19 heavy (non-hydrogen) atoms. The van der Waals surface area contributed by atoms with Gasteiger partial charge in [-0.05, 0) is 19.3 Å². The number of aliphatic hydroxyl groups is 1. The van der Waals surface area contributed by atoms with Crippen LogP contribution in [0, 0.1) is 5.92 Å². The second-order valence-corrected chi connectivity index (χ2v) is 5.25. The third-order valence-corrected chi connectivity index (χ3v) is 3.76. The molecule has 2 aliphatic carbocycles. The van der Waals surface area contributed by atoms with Crippen molar-refractivity contribution in [3.05, 3.63) is 12.2 Å². The number of hydrogen-bond donors (Lipinski definition) is 4. The summed E-state index contributed by atoms with van der Waals surface area (Å²) in [5, 5.41) is 24.1. The average Bonchev–Trinajstić information content (AvgIpc) is 2.80. The van der Waals surface area contributed by atoms with Gasteiger partial charge in [0, 0.05) is 0 Å². The van der Waals surface area contributed by atoms with E-state index in [0.29, 0.717) is 6.42 Å². The lowest BCUT2D eigenvalue weighted by atomic mass is 9.93. The number of carbonyl (C=O) groups is 2. The van der Waals surface area contributed by atoms with E-state index in [2.05, 4.69) is 10.6 Å². The van der Waals surface area contributed by atoms with Crippen LogP contribution in [0.3, 0.4) is 0 Å². The molecular weight excluding hydrogens is 248 g/mol. The molecule has 4 unspecified atom stereocenters. The predicted molar refractivity (Wildman–Crippen MR) is 68.6 cm³/mol. The van der Waals surface area contributed by atoms with E-state index in [1.165, 1.54) is 0 Å². The quantitative estimate of drug-likeness (QED) is 0.564. The summed E-state index contributed by atoms with van der Waals surface area (Å²) < 4.78 is 0. The highest BCUT2D eigenvalue weighted by molar-refractivity contribution is 5.76. The Kier molecular flexibility index (Phi) is 4.42. The molecule has 0 heterocycles. The number of urea groups is 1. The maximum Gasteiger partial charge on any atom is 0.315 e. The molecule has 0 aromatic carbocycles. The SMILES string of the molecule is O=C(NC1C=CC(C(=O)O)C1)NC1CCCCC1O. The Morgan fingerprint density at radius 2 is 1.84 bits per heavy atom. The minimum absolute atomic E-state index is 0.200. The number of amides is 2. The lowest BCUT2D eigenvalue weighted by Gasteiger charge is -2.28. The van der Waals surface area contributed by atoms with Gasteiger partial charge in [-0.1, -0.05) is 25.0 Å². The third kappa shape index (κ3) is 3.70. The Morgan fingerprint density at radius 1 is 1.11 bits per heavy atom. The van der Waals surface area contributed by atoms with Crippen LogP contribution < -0.4 is 10.6 Å². The first-order chi connectivity index (χ1) is 9.06. The lowest BCUT2D eigenvalue weighted by molar-refractivity contribution is -0.140. The van der Waals surface area contributed by atoms with Gasteiger partial charge >= 0.3 is 12.0 Å². The smallest absolute Gasteiger partial charge is 0.315 e. The molecule has 0 spiro atoms. The first-order valence-electron chi connectivity index (χ1n) is 6.72. The van der Waals surface area contributed by atoms with Gasteiger partial charge in [0.1, 0.15) is 0 Å². The van der Waals surface area contributed by atoms with Crippen molar-refractivity contribution in [1.29, 1.82) is 0 Å². The molecule has 1 saturated carbocycles. The molecule has 6 heteroatoms. The molecule has 2 amide bonds. The summed E-state index contributed by atoms with van der Waals surface area (Å²) in [6.45, 7) is 0. The summed E-state index contributed by atoms with van der Waals surface area (Å²) in [7, 11) is 0. The standard InChI is InChI=1S/C13H20N2O4/c16-11-4-2-1-3-10(11)15-13(19)14-9-6-5-8(7-9)12(17)18/h5-6,8-11,16H,1-4,7H2,(H,17,18)(H2,14,15,19). The van der Waals surface area contributed by atoms with Gasteiger partial charge in [0.05, 0.1) is 24.1 Å². The van der Waals surface area contributed by atoms with Crippen LogP contribution in [0.1, 0.15) is 32.1 Å². The fraction of sp³-hybridized carbons (Fsp3) is 0.692. The van der Waals surface area contributed by atoms with E-state index in [4.69, 9.17) is 5.11 Å². The predicted octanol–water partition coefficient (Wildman–Crippen LogP) is 0.618. The van der Waals surface area contributed by atoms with Gasteiger partial charge in [-0.3, -0.25) is 4.79 Å². The van der Waals surface area contributed by atoms with E-state index in [-0.39, 0.29) is 18.1 Å². The van der Waals surface area contributed by atoms with E-state index in [1.807, 2.05) is 0 Å². The Labute approximate surface area is 111 Å². The van der Waals surface area contributed by atoms with E-state index < -0.39 is 18.0 Å². The maximum absolute atomic E-state index is 11.8. The van der Waals surface area contributed by atoms with Gasteiger partial charge < -0.3 is 20.8 Å². The monoisotopic (exact) mass is 268 g/mol. The van der Waals surface area contributed by atoms with Crippen LogP contribution in [-0.2, 0) is 4.79 Å². The van der Waals surface area contributed by atoms with Crippen molar-refractivity contribution >= 4 is 12.0 Å². The van der Waals surface area contributed by atoms with Crippen molar-refractivity contribution in [3.63, 3.8) is 0 Å². The summed E-state index contributed by atoms with van der Waals surface area (Å²) in [4.78, 5) is 22.6. The second kappa shape index (κ2) is 6.06. The lowest BCUT2D eigenvalue weighted by Crippen LogP contribution is -2.50. The van der Waals surface area contributed by atoms with Crippen molar-refractivity contribution < 1.29 is 19.8 Å². The van der Waals surface area contributed by atoms with Gasteiger partial charge in [-0.25, -0.2) is 4.79 Å². The maximum atomic E-state index is 11.8. The third-order valence-electron chi connectivity index (χ3n) is 3.76. The number of carbonyl (C=O) groups excluding carboxylic acids is 1. The highest BCUT2D eigenvalue weighted by Gasteiger charge is 2.28. The number of rotatable bonds is 3. The molecule has 2 aliphatic rings. The van der Waals surface area contributed by atoms with Crippen LogP contribution >= 0.6 is 0 Å². The van der Waals surface area contributed by atoms with Crippen molar-refractivity contribution in [2.24, 2.45) is 5.92 Å². The van der Waals surface area contributed by atoms with Crippen LogP contribution in [0.4, 0.5) is 4.79 Å². The summed E-state index contributed by atoms with van der Waals surface area (Å²) in [5.74, 6) is -1.39. The van der Waals surface area contributed by atoms with E-state index in [9.17, 15) is 14.7 Å². The number of carboxylic acids is 1. The molecular formula is C13H20N2O4. The molecule has 2 rings (SSSR count). The molecule has 0 saturated heterocycles. The zero-order valence-electron chi connectivity index (χ0n) is 10.7. The first-order valence-corrected chi connectivity index (χ1v) is 6.72. The molecule has 4 N–H and O–H groups in total. The van der Waals surface area contributed by atoms with Crippen LogP contribution in [0.15, 0.2) is 12.2 Å². The van der Waals surface area contributed by atoms with Crippen molar-refractivity contribution in [1.82, 2.24) is 10.6 Å². The largest absolute Gasteiger partial charge is 0.481 e. The number of aliphatic carboxylic acids is 1. The van der Waals surface area contributed by atoms with E-state index in [1.54, 1.807) is 12.2 Å². The Hall–Kier alpha value is -1.56. The van der Waals surface area contributed by atoms with Crippen molar-refractivity contribution in [2.75, 3.05) is 0 Å². The molecule has 0 bridgehead atoms. The molecule has 0 aromatic rings. The fourth-order valence-corrected chi connectivity index (χ4v) is 2.65. The van der Waals surface area contributed by atoms with Crippen molar-refractivity contribution in [3.8, 4) is 0 Å². The summed E-state index contributed by atoms with van der Waals surface area (Å²) in [6, 6.07) is -0.789. The summed E-state index contributed by atoms with van der Waals surface area (Å²) in [6.07, 6.45) is 6.71. The summed E-state index contributed by atoms with van der Waals surface area (Å²) >= 11 is 0. The minimum Gasteiger partial charge on any atom is -0.481 e. The van der Waals surface area contributed by atoms with Gasteiger partial charge in [0.25, 0.3) is 0 Å². The van der Waals surface area contributed by atoms with Gasteiger partial charge in [0.2, 0.25) is 0 Å². The molecule has 0 radical (unpaired) electrons. The zero-order valence-corrected chi connectivity index (χ0v) is 10.7. The molecule has 1 fully saturated rings. The van der Waals surface area contributed by atoms with Gasteiger partial charge in [-0.15, -0.1) is 0 Å². The number of carboxylic acid groups (broad SMARTS) is 1. The van der Waals surface area contributed by atoms with Gasteiger partial charge in [0.15, 0.2) is 0 Å². The van der Waals surface area contributed by atoms with Crippen LogP contribution in [0.5, 0.6) is 0 Å². The fourth-order valence-electron chi connectivity index (χ4n) is 2.65. The highest BCUT2D eigenvalue weighted by Crippen LogP contribution is 2.19. The molecule has 0 aliphatic heterocycles. The van der Waals surface area contributed by atoms with E-state index >= 15 is 0 Å². The topological polar surface area (TPSA) is 98.7 Å². The van der Waals surface area contributed by atoms with Crippen LogP contribution in [0.25, 0.3) is 0 Å². The normalized spacial score (nSPS) is 33.9. The van der Waals surface area contributed by atoms with Crippen LogP contribution in [0.2, 0.25) is 0 Å². The number of hydrogen-bond acceptors (Lipinski definition) is 3. The molecule has 0 aromatic heterocycles. The Bertz CT molecular complexity index is 383. The molecule has 6 nitrogen and oxygen atoms in total. The second-order valence-electron chi connectivity index (χ2n) is 5.25. The van der Waals surface area contributed by atoms with Crippen molar-refractivity contribution in [2.45, 2.75) is 50.3 Å². The Morgan fingerprint density at radius 3 is 2.47 bits per heavy atom. The van der Waals surface area contributed by atoms with E-state index in [0.717, 1.165) is 25.7 Å². The summed E-state index contributed by atoms with van der Waals surface area (Å²) in [5.41, 5.74) is 0. The zero-order chi connectivity index (χ0) is 13.8. The van der Waals surface area contributed by atoms with Crippen LogP contribution in [-0.4, -0.2) is 40.4 Å².